The Labute approximate surface area is 79.5 Å². The molecule has 1 fully saturated rings. The second-order valence-electron chi connectivity index (χ2n) is 3.01. The molecule has 0 aromatic carbocycles. The maximum absolute atomic E-state index is 10.5. The molecule has 0 atom stereocenters. The normalized spacial score (nSPS) is 14.5. The van der Waals surface area contributed by atoms with Crippen molar-refractivity contribution in [3.05, 3.63) is 0 Å². The van der Waals surface area contributed by atoms with E-state index in [2.05, 4.69) is 0 Å². The van der Waals surface area contributed by atoms with Crippen LogP contribution < -0.4 is 0 Å². The lowest BCUT2D eigenvalue weighted by atomic mass is 10.00. The van der Waals surface area contributed by atoms with Gasteiger partial charge in [-0.15, -0.1) is 0 Å². The molecule has 3 nitrogen and oxygen atoms in total. The predicted octanol–water partition coefficient (Wildman–Crippen LogP) is 1.93. The van der Waals surface area contributed by atoms with Gasteiger partial charge in [0.1, 0.15) is 18.4 Å². The first-order valence-electron chi connectivity index (χ1n) is 4.40. The number of hydrogen-bond acceptors (Lipinski definition) is 3. The number of carbonyl (C=O) groups excluding carboxylic acids is 3. The summed E-state index contributed by atoms with van der Waals surface area (Å²) in [6, 6.07) is 0. The van der Waals surface area contributed by atoms with E-state index in [-0.39, 0.29) is 5.78 Å². The highest BCUT2D eigenvalue weighted by Crippen LogP contribution is 2.12. The van der Waals surface area contributed by atoms with E-state index in [1.165, 1.54) is 20.3 Å². The van der Waals surface area contributed by atoms with Gasteiger partial charge in [0, 0.05) is 12.8 Å². The molecule has 0 N–H and O–H groups in total. The fourth-order valence-electron chi connectivity index (χ4n) is 0.946. The van der Waals surface area contributed by atoms with Crippen LogP contribution in [0.2, 0.25) is 0 Å². The first-order chi connectivity index (χ1) is 6.13. The van der Waals surface area contributed by atoms with E-state index in [0.29, 0.717) is 5.78 Å². The molecule has 0 aromatic heterocycles. The van der Waals surface area contributed by atoms with Crippen LogP contribution in [0.15, 0.2) is 0 Å². The third-order valence-corrected chi connectivity index (χ3v) is 1.41. The lowest BCUT2D eigenvalue weighted by Crippen LogP contribution is -2.02. The third kappa shape index (κ3) is 18.2. The monoisotopic (exact) mass is 186 g/mol. The van der Waals surface area contributed by atoms with Gasteiger partial charge in [-0.2, -0.15) is 0 Å². The molecular weight excluding hydrogens is 168 g/mol. The molecule has 13 heavy (non-hydrogen) atoms. The summed E-state index contributed by atoms with van der Waals surface area (Å²) in [6.07, 6.45) is 5.24. The summed E-state index contributed by atoms with van der Waals surface area (Å²) < 4.78 is 0. The lowest BCUT2D eigenvalue weighted by molar-refractivity contribution is -0.120. The number of ketones is 2. The van der Waals surface area contributed by atoms with Crippen molar-refractivity contribution in [2.45, 2.75) is 46.0 Å². The zero-order valence-corrected chi connectivity index (χ0v) is 8.47. The molecular formula is C10H18O3. The summed E-state index contributed by atoms with van der Waals surface area (Å²) in [5.41, 5.74) is 0. The van der Waals surface area contributed by atoms with Crippen molar-refractivity contribution in [2.24, 2.45) is 0 Å². The summed E-state index contributed by atoms with van der Waals surface area (Å²) >= 11 is 0. The summed E-state index contributed by atoms with van der Waals surface area (Å²) in [6.45, 7) is 5.06. The van der Waals surface area contributed by atoms with Crippen LogP contribution in [-0.2, 0) is 14.4 Å². The van der Waals surface area contributed by atoms with E-state index in [9.17, 15) is 9.59 Å². The summed E-state index contributed by atoms with van der Waals surface area (Å²) in [5, 5.41) is 0. The summed E-state index contributed by atoms with van der Waals surface area (Å²) in [4.78, 5) is 27.9. The molecule has 0 heterocycles. The van der Waals surface area contributed by atoms with E-state index in [1.807, 2.05) is 6.79 Å². The zero-order valence-electron chi connectivity index (χ0n) is 8.47. The first kappa shape index (κ1) is 14.5. The molecule has 1 rings (SSSR count). The molecule has 1 saturated carbocycles. The van der Waals surface area contributed by atoms with Crippen LogP contribution in [0.3, 0.4) is 0 Å². The van der Waals surface area contributed by atoms with Crippen molar-refractivity contribution in [1.82, 2.24) is 0 Å². The van der Waals surface area contributed by atoms with Gasteiger partial charge in [-0.05, 0) is 26.7 Å². The second kappa shape index (κ2) is 11.0. The van der Waals surface area contributed by atoms with Gasteiger partial charge in [0.15, 0.2) is 0 Å². The molecule has 0 spiro atoms. The Morgan fingerprint density at radius 3 is 1.54 bits per heavy atom. The van der Waals surface area contributed by atoms with E-state index in [4.69, 9.17) is 4.79 Å². The molecule has 0 bridgehead atoms. The van der Waals surface area contributed by atoms with Crippen LogP contribution >= 0.6 is 0 Å². The highest BCUT2D eigenvalue weighted by molar-refractivity contribution is 5.78. The largest absolute Gasteiger partial charge is 0.307 e. The van der Waals surface area contributed by atoms with Crippen LogP contribution in [0.5, 0.6) is 0 Å². The van der Waals surface area contributed by atoms with Crippen LogP contribution in [-0.4, -0.2) is 18.4 Å². The van der Waals surface area contributed by atoms with Crippen molar-refractivity contribution in [2.75, 3.05) is 0 Å². The average Bonchev–Trinajstić information content (AvgIpc) is 2.08. The fourth-order valence-corrected chi connectivity index (χ4v) is 0.946. The van der Waals surface area contributed by atoms with E-state index in [1.54, 1.807) is 0 Å². The molecule has 0 aliphatic heterocycles. The van der Waals surface area contributed by atoms with Crippen LogP contribution in [0.1, 0.15) is 46.0 Å². The first-order valence-corrected chi connectivity index (χ1v) is 4.40. The van der Waals surface area contributed by atoms with E-state index in [0.717, 1.165) is 25.7 Å². The Morgan fingerprint density at radius 1 is 1.08 bits per heavy atom. The molecule has 0 saturated heterocycles. The minimum atomic E-state index is 0.167. The number of Topliss-reactive ketones (excluding diaryl/α,β-unsaturated/α-hetero) is 2. The molecule has 3 heteroatoms. The topological polar surface area (TPSA) is 51.2 Å². The minimum absolute atomic E-state index is 0.167. The second-order valence-corrected chi connectivity index (χ2v) is 3.01. The molecule has 0 radical (unpaired) electrons. The van der Waals surface area contributed by atoms with Crippen molar-refractivity contribution in [1.29, 1.82) is 0 Å². The zero-order chi connectivity index (χ0) is 10.7. The van der Waals surface area contributed by atoms with Crippen LogP contribution in [0, 0.1) is 0 Å². The van der Waals surface area contributed by atoms with Gasteiger partial charge < -0.3 is 9.59 Å². The standard InChI is InChI=1S/C6H10O.C3H6O.CH2O/c7-6-4-2-1-3-5-6;1-3(2)4;1-2/h1-5H2;1-2H3;1H2. The van der Waals surface area contributed by atoms with E-state index < -0.39 is 0 Å². The smallest absolute Gasteiger partial charge is 0.132 e. The quantitative estimate of drug-likeness (QED) is 0.580. The summed E-state index contributed by atoms with van der Waals surface area (Å²) in [7, 11) is 0. The average molecular weight is 186 g/mol. The summed E-state index contributed by atoms with van der Waals surface area (Å²) in [5.74, 6) is 0.631. The molecule has 0 unspecified atom stereocenters. The molecule has 0 aromatic rings. The van der Waals surface area contributed by atoms with Gasteiger partial charge in [-0.25, -0.2) is 0 Å². The van der Waals surface area contributed by atoms with Gasteiger partial charge in [0.25, 0.3) is 0 Å². The molecule has 1 aliphatic carbocycles. The van der Waals surface area contributed by atoms with Gasteiger partial charge in [0.05, 0.1) is 0 Å². The van der Waals surface area contributed by atoms with Gasteiger partial charge in [-0.1, -0.05) is 6.42 Å². The predicted molar refractivity (Wildman–Crippen MR) is 51.6 cm³/mol. The third-order valence-electron chi connectivity index (χ3n) is 1.41. The Hall–Kier alpha value is -0.990. The van der Waals surface area contributed by atoms with Crippen molar-refractivity contribution in [3.63, 3.8) is 0 Å². The highest BCUT2D eigenvalue weighted by Gasteiger charge is 2.05. The van der Waals surface area contributed by atoms with Crippen LogP contribution in [0.25, 0.3) is 0 Å². The van der Waals surface area contributed by atoms with Crippen molar-refractivity contribution < 1.29 is 14.4 Å². The number of carbonyl (C=O) groups is 3. The maximum Gasteiger partial charge on any atom is 0.132 e. The lowest BCUT2D eigenvalue weighted by Gasteiger charge is -2.05. The molecule has 0 amide bonds. The fraction of sp³-hybridized carbons (Fsp3) is 0.700. The maximum atomic E-state index is 10.5. The van der Waals surface area contributed by atoms with Crippen molar-refractivity contribution in [3.8, 4) is 0 Å². The Kier molecular flexibility index (Phi) is 12.3. The van der Waals surface area contributed by atoms with E-state index >= 15 is 0 Å². The van der Waals surface area contributed by atoms with Gasteiger partial charge in [-0.3, -0.25) is 4.79 Å². The molecule has 1 aliphatic rings. The Morgan fingerprint density at radius 2 is 1.38 bits per heavy atom. The molecule has 76 valence electrons. The van der Waals surface area contributed by atoms with Gasteiger partial charge >= 0.3 is 0 Å². The highest BCUT2D eigenvalue weighted by atomic mass is 16.1. The SMILES string of the molecule is C=O.CC(C)=O.O=C1CCCCC1. The van der Waals surface area contributed by atoms with Crippen molar-refractivity contribution >= 4 is 18.4 Å². The number of rotatable bonds is 0. The minimum Gasteiger partial charge on any atom is -0.307 e. The van der Waals surface area contributed by atoms with Gasteiger partial charge in [0.2, 0.25) is 0 Å². The Balaban J connectivity index is 0. The van der Waals surface area contributed by atoms with Crippen LogP contribution in [0.4, 0.5) is 0 Å². The number of hydrogen-bond donors (Lipinski definition) is 0. The Bertz CT molecular complexity index is 140.